The van der Waals surface area contributed by atoms with E-state index in [9.17, 15) is 18.0 Å². The van der Waals surface area contributed by atoms with Crippen LogP contribution in [0.2, 0.25) is 0 Å². The van der Waals surface area contributed by atoms with Crippen molar-refractivity contribution in [3.05, 3.63) is 47.8 Å². The molecule has 1 amide bonds. The van der Waals surface area contributed by atoms with Crippen LogP contribution in [0.25, 0.3) is 5.69 Å². The summed E-state index contributed by atoms with van der Waals surface area (Å²) in [5.41, 5.74) is 3.18. The SMILES string of the molecule is CC(C)(C)c1ccc(-n2nccc2C2CCN(C(=O)C(F)(F)F)CC2)cc1. The Labute approximate surface area is 157 Å². The third-order valence-electron chi connectivity index (χ3n) is 5.09. The highest BCUT2D eigenvalue weighted by molar-refractivity contribution is 5.81. The van der Waals surface area contributed by atoms with Crippen molar-refractivity contribution >= 4 is 5.91 Å². The topological polar surface area (TPSA) is 38.1 Å². The molecule has 146 valence electrons. The highest BCUT2D eigenvalue weighted by atomic mass is 19.4. The first-order valence-electron chi connectivity index (χ1n) is 9.08. The third kappa shape index (κ3) is 4.17. The summed E-state index contributed by atoms with van der Waals surface area (Å²) < 4.78 is 39.6. The number of carbonyl (C=O) groups excluding carboxylic acids is 1. The Morgan fingerprint density at radius 3 is 2.15 bits per heavy atom. The number of rotatable bonds is 2. The number of likely N-dealkylation sites (tertiary alicyclic amines) is 1. The molecular weight excluding hydrogens is 355 g/mol. The second-order valence-corrected chi connectivity index (χ2v) is 8.03. The van der Waals surface area contributed by atoms with Crippen molar-refractivity contribution in [1.29, 1.82) is 0 Å². The van der Waals surface area contributed by atoms with E-state index in [1.165, 1.54) is 5.56 Å². The summed E-state index contributed by atoms with van der Waals surface area (Å²) in [6.07, 6.45) is -2.11. The second kappa shape index (κ2) is 7.02. The highest BCUT2D eigenvalue weighted by Gasteiger charge is 2.43. The minimum absolute atomic E-state index is 0.0589. The lowest BCUT2D eigenvalue weighted by atomic mass is 9.87. The minimum Gasteiger partial charge on any atom is -0.335 e. The summed E-state index contributed by atoms with van der Waals surface area (Å²) in [7, 11) is 0. The lowest BCUT2D eigenvalue weighted by Gasteiger charge is -2.32. The van der Waals surface area contributed by atoms with E-state index in [0.717, 1.165) is 16.3 Å². The molecule has 0 atom stereocenters. The molecular formula is C20H24F3N3O. The van der Waals surface area contributed by atoms with Crippen molar-refractivity contribution in [3.63, 3.8) is 0 Å². The van der Waals surface area contributed by atoms with Gasteiger partial charge in [-0.25, -0.2) is 4.68 Å². The van der Waals surface area contributed by atoms with Gasteiger partial charge in [-0.1, -0.05) is 32.9 Å². The van der Waals surface area contributed by atoms with Crippen LogP contribution in [0.5, 0.6) is 0 Å². The summed E-state index contributed by atoms with van der Waals surface area (Å²) in [5.74, 6) is -1.67. The fraction of sp³-hybridized carbons (Fsp3) is 0.500. The molecule has 0 N–H and O–H groups in total. The zero-order valence-corrected chi connectivity index (χ0v) is 15.8. The number of halogens is 3. The number of aromatic nitrogens is 2. The summed E-state index contributed by atoms with van der Waals surface area (Å²) in [5, 5.41) is 4.40. The maximum atomic E-state index is 12.6. The van der Waals surface area contributed by atoms with Crippen molar-refractivity contribution in [1.82, 2.24) is 14.7 Å². The van der Waals surface area contributed by atoms with Crippen LogP contribution in [0.1, 0.15) is 50.8 Å². The van der Waals surface area contributed by atoms with Crippen molar-refractivity contribution in [2.45, 2.75) is 51.1 Å². The van der Waals surface area contributed by atoms with E-state index < -0.39 is 12.1 Å². The van der Waals surface area contributed by atoms with Gasteiger partial charge in [0.15, 0.2) is 0 Å². The molecule has 1 saturated heterocycles. The van der Waals surface area contributed by atoms with E-state index in [1.54, 1.807) is 6.20 Å². The van der Waals surface area contributed by atoms with Gasteiger partial charge in [-0.15, -0.1) is 0 Å². The molecule has 1 aromatic carbocycles. The van der Waals surface area contributed by atoms with Gasteiger partial charge in [0.1, 0.15) is 0 Å². The first-order chi connectivity index (χ1) is 12.6. The molecule has 1 aromatic heterocycles. The van der Waals surface area contributed by atoms with E-state index in [4.69, 9.17) is 0 Å². The van der Waals surface area contributed by atoms with Gasteiger partial charge < -0.3 is 4.90 Å². The van der Waals surface area contributed by atoms with Gasteiger partial charge in [0.25, 0.3) is 0 Å². The zero-order valence-electron chi connectivity index (χ0n) is 15.8. The van der Waals surface area contributed by atoms with Gasteiger partial charge in [-0.05, 0) is 42.0 Å². The van der Waals surface area contributed by atoms with Gasteiger partial charge in [0.05, 0.1) is 5.69 Å². The van der Waals surface area contributed by atoms with Crippen molar-refractivity contribution < 1.29 is 18.0 Å². The first-order valence-corrected chi connectivity index (χ1v) is 9.08. The molecule has 27 heavy (non-hydrogen) atoms. The molecule has 0 aliphatic carbocycles. The number of amides is 1. The largest absolute Gasteiger partial charge is 0.471 e. The minimum atomic E-state index is -4.80. The van der Waals surface area contributed by atoms with E-state index in [0.29, 0.717) is 12.8 Å². The van der Waals surface area contributed by atoms with Crippen LogP contribution in [0.3, 0.4) is 0 Å². The molecule has 0 radical (unpaired) electrons. The molecule has 0 saturated carbocycles. The molecule has 2 heterocycles. The Bertz CT molecular complexity index is 795. The lowest BCUT2D eigenvalue weighted by Crippen LogP contribution is -2.45. The van der Waals surface area contributed by atoms with E-state index in [-0.39, 0.29) is 24.4 Å². The average molecular weight is 379 g/mol. The number of alkyl halides is 3. The summed E-state index contributed by atoms with van der Waals surface area (Å²) in [4.78, 5) is 12.3. The predicted molar refractivity (Wildman–Crippen MR) is 96.9 cm³/mol. The molecule has 4 nitrogen and oxygen atoms in total. The van der Waals surface area contributed by atoms with Crippen LogP contribution < -0.4 is 0 Å². The standard InChI is InChI=1S/C20H24F3N3O/c1-19(2,3)15-4-6-16(7-5-15)26-17(8-11-24-26)14-9-12-25(13-10-14)18(27)20(21,22)23/h4-8,11,14H,9-10,12-13H2,1-3H3. The fourth-order valence-corrected chi connectivity index (χ4v) is 3.50. The number of piperidine rings is 1. The van der Waals surface area contributed by atoms with Gasteiger partial charge >= 0.3 is 12.1 Å². The van der Waals surface area contributed by atoms with E-state index in [1.807, 2.05) is 22.9 Å². The Balaban J connectivity index is 1.74. The number of carbonyl (C=O) groups is 1. The van der Waals surface area contributed by atoms with Gasteiger partial charge in [0.2, 0.25) is 0 Å². The normalized spacial score (nSPS) is 16.6. The Morgan fingerprint density at radius 1 is 1.04 bits per heavy atom. The zero-order chi connectivity index (χ0) is 19.8. The summed E-state index contributed by atoms with van der Waals surface area (Å²) in [6.45, 7) is 6.67. The smallest absolute Gasteiger partial charge is 0.335 e. The maximum Gasteiger partial charge on any atom is 0.471 e. The summed E-state index contributed by atoms with van der Waals surface area (Å²) >= 11 is 0. The summed E-state index contributed by atoms with van der Waals surface area (Å²) in [6, 6.07) is 10.1. The van der Waals surface area contributed by atoms with E-state index >= 15 is 0 Å². The second-order valence-electron chi connectivity index (χ2n) is 8.03. The van der Waals surface area contributed by atoms with Crippen LogP contribution >= 0.6 is 0 Å². The number of hydrogen-bond donors (Lipinski definition) is 0. The lowest BCUT2D eigenvalue weighted by molar-refractivity contribution is -0.186. The first kappa shape index (κ1) is 19.5. The number of benzene rings is 1. The Morgan fingerprint density at radius 2 is 1.63 bits per heavy atom. The van der Waals surface area contributed by atoms with Crippen molar-refractivity contribution in [3.8, 4) is 5.69 Å². The third-order valence-corrected chi connectivity index (χ3v) is 5.09. The van der Waals surface area contributed by atoms with Crippen molar-refractivity contribution in [2.24, 2.45) is 0 Å². The van der Waals surface area contributed by atoms with Gasteiger partial charge in [-0.2, -0.15) is 18.3 Å². The molecule has 3 rings (SSSR count). The van der Waals surface area contributed by atoms with Crippen molar-refractivity contribution in [2.75, 3.05) is 13.1 Å². The Hall–Kier alpha value is -2.31. The predicted octanol–water partition coefficient (Wildman–Crippen LogP) is 4.44. The molecule has 2 aromatic rings. The highest BCUT2D eigenvalue weighted by Crippen LogP contribution is 2.31. The Kier molecular flexibility index (Phi) is 5.06. The molecule has 1 fully saturated rings. The molecule has 1 aliphatic heterocycles. The van der Waals surface area contributed by atoms with Crippen LogP contribution in [-0.2, 0) is 10.2 Å². The van der Waals surface area contributed by atoms with E-state index in [2.05, 4.69) is 38.0 Å². The molecule has 0 unspecified atom stereocenters. The number of hydrogen-bond acceptors (Lipinski definition) is 2. The van der Waals surface area contributed by atoms with Crippen LogP contribution in [-0.4, -0.2) is 39.9 Å². The van der Waals surface area contributed by atoms with Crippen LogP contribution in [0.15, 0.2) is 36.5 Å². The maximum absolute atomic E-state index is 12.6. The number of nitrogens with zero attached hydrogens (tertiary/aromatic N) is 3. The molecule has 0 bridgehead atoms. The molecule has 7 heteroatoms. The monoisotopic (exact) mass is 379 g/mol. The van der Waals surface area contributed by atoms with Gasteiger partial charge in [0, 0.05) is 30.9 Å². The quantitative estimate of drug-likeness (QED) is 0.774. The average Bonchev–Trinajstić information content (AvgIpc) is 3.09. The van der Waals surface area contributed by atoms with Gasteiger partial charge in [-0.3, -0.25) is 4.79 Å². The van der Waals surface area contributed by atoms with Crippen LogP contribution in [0.4, 0.5) is 13.2 Å². The molecule has 1 aliphatic rings. The molecule has 0 spiro atoms. The fourth-order valence-electron chi connectivity index (χ4n) is 3.50. The van der Waals surface area contributed by atoms with Crippen LogP contribution in [0, 0.1) is 0 Å².